The largest absolute Gasteiger partial charge is 0.462 e. The van der Waals surface area contributed by atoms with Gasteiger partial charge in [0.1, 0.15) is 5.56 Å². The van der Waals surface area contributed by atoms with Gasteiger partial charge in [0.2, 0.25) is 0 Å². The number of carbonyl (C=O) groups is 1. The summed E-state index contributed by atoms with van der Waals surface area (Å²) in [5.41, 5.74) is 6.73. The second-order valence-electron chi connectivity index (χ2n) is 8.19. The first kappa shape index (κ1) is 21.3. The van der Waals surface area contributed by atoms with Gasteiger partial charge in [0, 0.05) is 30.4 Å². The zero-order chi connectivity index (χ0) is 22.1. The molecule has 164 valence electrons. The zero-order valence-electron chi connectivity index (χ0n) is 18.9. The number of hydrogen-bond donors (Lipinski definition) is 0. The summed E-state index contributed by atoms with van der Waals surface area (Å²) >= 11 is 0. The van der Waals surface area contributed by atoms with E-state index in [2.05, 4.69) is 54.0 Å². The lowest BCUT2D eigenvalue weighted by atomic mass is 10.0. The highest BCUT2D eigenvalue weighted by molar-refractivity contribution is 6.06. The molecule has 1 aliphatic heterocycles. The molecule has 1 fully saturated rings. The molecule has 1 aliphatic rings. The molecule has 0 radical (unpaired) electrons. The fourth-order valence-electron chi connectivity index (χ4n) is 4.28. The van der Waals surface area contributed by atoms with Crippen molar-refractivity contribution in [2.24, 2.45) is 0 Å². The number of fused-ring (bicyclic) bond motifs is 1. The maximum Gasteiger partial charge on any atom is 0.341 e. The van der Waals surface area contributed by atoms with Crippen LogP contribution in [0.15, 0.2) is 24.4 Å². The smallest absolute Gasteiger partial charge is 0.341 e. The van der Waals surface area contributed by atoms with Gasteiger partial charge >= 0.3 is 5.97 Å². The standard InChI is InChI=1S/C24H30N4O3/c1-6-30-24(29)21-12-25-22-18(5)15(2)7-8-20(22)23(21)27-9-10-31-19(13-27)14-28-17(4)11-16(3)26-28/h7-8,11-12,19H,6,9-10,13-14H2,1-5H3. The number of ether oxygens (including phenoxy) is 2. The van der Waals surface area contributed by atoms with Gasteiger partial charge < -0.3 is 14.4 Å². The molecular formula is C24H30N4O3. The van der Waals surface area contributed by atoms with E-state index >= 15 is 0 Å². The second kappa shape index (κ2) is 8.67. The number of pyridine rings is 1. The molecule has 7 nitrogen and oxygen atoms in total. The predicted molar refractivity (Wildman–Crippen MR) is 121 cm³/mol. The van der Waals surface area contributed by atoms with Crippen molar-refractivity contribution in [2.75, 3.05) is 31.2 Å². The van der Waals surface area contributed by atoms with E-state index in [-0.39, 0.29) is 12.1 Å². The summed E-state index contributed by atoms with van der Waals surface area (Å²) in [5, 5.41) is 5.55. The summed E-state index contributed by atoms with van der Waals surface area (Å²) < 4.78 is 13.4. The Morgan fingerprint density at radius 1 is 1.26 bits per heavy atom. The highest BCUT2D eigenvalue weighted by atomic mass is 16.5. The number of rotatable bonds is 5. The minimum absolute atomic E-state index is 0.0310. The summed E-state index contributed by atoms with van der Waals surface area (Å²) in [5.74, 6) is -0.341. The average molecular weight is 423 g/mol. The molecule has 0 bridgehead atoms. The van der Waals surface area contributed by atoms with E-state index in [0.29, 0.717) is 38.4 Å². The number of carbonyl (C=O) groups excluding carboxylic acids is 1. The molecule has 0 N–H and O–H groups in total. The molecule has 1 aromatic carbocycles. The molecule has 2 aromatic heterocycles. The monoisotopic (exact) mass is 422 g/mol. The van der Waals surface area contributed by atoms with Gasteiger partial charge in [-0.3, -0.25) is 9.67 Å². The van der Waals surface area contributed by atoms with Crippen molar-refractivity contribution in [2.45, 2.75) is 47.3 Å². The van der Waals surface area contributed by atoms with Gasteiger partial charge in [0.25, 0.3) is 0 Å². The molecule has 0 saturated carbocycles. The Morgan fingerprint density at radius 3 is 2.77 bits per heavy atom. The van der Waals surface area contributed by atoms with Crippen molar-refractivity contribution >= 4 is 22.6 Å². The summed E-state index contributed by atoms with van der Waals surface area (Å²) in [7, 11) is 0. The first-order chi connectivity index (χ1) is 14.9. The predicted octanol–water partition coefficient (Wildman–Crippen LogP) is 3.75. The highest BCUT2D eigenvalue weighted by Gasteiger charge is 2.28. The van der Waals surface area contributed by atoms with Crippen LogP contribution < -0.4 is 4.90 Å². The van der Waals surface area contributed by atoms with E-state index < -0.39 is 0 Å². The fourth-order valence-corrected chi connectivity index (χ4v) is 4.28. The van der Waals surface area contributed by atoms with E-state index in [1.807, 2.05) is 18.5 Å². The third-order valence-corrected chi connectivity index (χ3v) is 5.97. The quantitative estimate of drug-likeness (QED) is 0.584. The van der Waals surface area contributed by atoms with Gasteiger partial charge in [-0.2, -0.15) is 5.10 Å². The molecule has 0 spiro atoms. The molecule has 7 heteroatoms. The van der Waals surface area contributed by atoms with E-state index in [4.69, 9.17) is 9.47 Å². The van der Waals surface area contributed by atoms with Crippen LogP contribution in [0.3, 0.4) is 0 Å². The average Bonchev–Trinajstić information content (AvgIpc) is 3.06. The van der Waals surface area contributed by atoms with Crippen molar-refractivity contribution < 1.29 is 14.3 Å². The molecule has 1 unspecified atom stereocenters. The van der Waals surface area contributed by atoms with Gasteiger partial charge in [-0.25, -0.2) is 4.79 Å². The van der Waals surface area contributed by atoms with Gasteiger partial charge in [-0.1, -0.05) is 12.1 Å². The topological polar surface area (TPSA) is 69.5 Å². The fraction of sp³-hybridized carbons (Fsp3) is 0.458. The number of morpholine rings is 1. The molecule has 0 amide bonds. The Hall–Kier alpha value is -2.93. The lowest BCUT2D eigenvalue weighted by Crippen LogP contribution is -2.45. The number of benzene rings is 1. The summed E-state index contributed by atoms with van der Waals surface area (Å²) in [6, 6.07) is 6.22. The lowest BCUT2D eigenvalue weighted by Gasteiger charge is -2.36. The molecule has 1 atom stereocenters. The van der Waals surface area contributed by atoms with Crippen molar-refractivity contribution in [1.82, 2.24) is 14.8 Å². The van der Waals surface area contributed by atoms with Gasteiger partial charge in [-0.05, 0) is 51.8 Å². The number of nitrogens with zero attached hydrogens (tertiary/aromatic N) is 4. The third-order valence-electron chi connectivity index (χ3n) is 5.97. The first-order valence-electron chi connectivity index (χ1n) is 10.8. The number of anilines is 1. The van der Waals surface area contributed by atoms with E-state index in [1.165, 1.54) is 5.56 Å². The van der Waals surface area contributed by atoms with Crippen LogP contribution in [0.1, 0.15) is 39.8 Å². The molecule has 0 aliphatic carbocycles. The van der Waals surface area contributed by atoms with Crippen molar-refractivity contribution in [3.05, 3.63) is 52.5 Å². The van der Waals surface area contributed by atoms with E-state index in [0.717, 1.165) is 33.5 Å². The minimum atomic E-state index is -0.341. The van der Waals surface area contributed by atoms with Crippen LogP contribution in [0.5, 0.6) is 0 Å². The Balaban J connectivity index is 1.73. The zero-order valence-corrected chi connectivity index (χ0v) is 18.9. The Labute approximate surface area is 183 Å². The summed E-state index contributed by atoms with van der Waals surface area (Å²) in [4.78, 5) is 19.7. The number of aryl methyl sites for hydroxylation is 4. The maximum absolute atomic E-state index is 12.8. The normalized spacial score (nSPS) is 16.7. The van der Waals surface area contributed by atoms with E-state index in [9.17, 15) is 4.79 Å². The maximum atomic E-state index is 12.8. The Bertz CT molecular complexity index is 1120. The van der Waals surface area contributed by atoms with Gasteiger partial charge in [-0.15, -0.1) is 0 Å². The Morgan fingerprint density at radius 2 is 2.06 bits per heavy atom. The molecule has 3 aromatic rings. The van der Waals surface area contributed by atoms with Crippen LogP contribution in [0.4, 0.5) is 5.69 Å². The minimum Gasteiger partial charge on any atom is -0.462 e. The van der Waals surface area contributed by atoms with Crippen molar-refractivity contribution in [3.63, 3.8) is 0 Å². The SMILES string of the molecule is CCOC(=O)c1cnc2c(C)c(C)ccc2c1N1CCOC(Cn2nc(C)cc2C)C1. The third kappa shape index (κ3) is 4.14. The van der Waals surface area contributed by atoms with Crippen LogP contribution in [-0.4, -0.2) is 53.1 Å². The van der Waals surface area contributed by atoms with E-state index in [1.54, 1.807) is 6.20 Å². The number of esters is 1. The van der Waals surface area contributed by atoms with Gasteiger partial charge in [0.15, 0.2) is 0 Å². The van der Waals surface area contributed by atoms with Crippen molar-refractivity contribution in [1.29, 1.82) is 0 Å². The first-order valence-corrected chi connectivity index (χ1v) is 10.8. The van der Waals surface area contributed by atoms with Crippen molar-refractivity contribution in [3.8, 4) is 0 Å². The highest BCUT2D eigenvalue weighted by Crippen LogP contribution is 2.34. The molecular weight excluding hydrogens is 392 g/mol. The number of hydrogen-bond acceptors (Lipinski definition) is 6. The number of aromatic nitrogens is 3. The molecule has 31 heavy (non-hydrogen) atoms. The molecule has 1 saturated heterocycles. The van der Waals surface area contributed by atoms with Gasteiger partial charge in [0.05, 0.1) is 42.8 Å². The van der Waals surface area contributed by atoms with Crippen LogP contribution in [0, 0.1) is 27.7 Å². The van der Waals surface area contributed by atoms with Crippen LogP contribution in [0.25, 0.3) is 10.9 Å². The van der Waals surface area contributed by atoms with Crippen LogP contribution >= 0.6 is 0 Å². The van der Waals surface area contributed by atoms with Crippen LogP contribution in [0.2, 0.25) is 0 Å². The molecule has 4 rings (SSSR count). The Kier molecular flexibility index (Phi) is 5.96. The second-order valence-corrected chi connectivity index (χ2v) is 8.19. The summed E-state index contributed by atoms with van der Waals surface area (Å²) in [6.07, 6.45) is 1.63. The van der Waals surface area contributed by atoms with Crippen LogP contribution in [-0.2, 0) is 16.0 Å². The molecule has 3 heterocycles. The summed E-state index contributed by atoms with van der Waals surface area (Å²) in [6.45, 7) is 13.0. The lowest BCUT2D eigenvalue weighted by molar-refractivity contribution is 0.0268.